The number of piperazine rings is 1. The third kappa shape index (κ3) is 10.1. The summed E-state index contributed by atoms with van der Waals surface area (Å²) in [7, 11) is 0. The molecule has 2 heterocycles. The fourth-order valence-corrected chi connectivity index (χ4v) is 4.10. The molecule has 0 aromatic carbocycles. The lowest BCUT2D eigenvalue weighted by Crippen LogP contribution is -2.46. The van der Waals surface area contributed by atoms with Gasteiger partial charge in [-0.2, -0.15) is 0 Å². The van der Waals surface area contributed by atoms with E-state index in [0.29, 0.717) is 5.92 Å². The molecule has 7 heteroatoms. The second-order valence-electron chi connectivity index (χ2n) is 8.78. The van der Waals surface area contributed by atoms with Crippen LogP contribution in [-0.4, -0.2) is 112 Å². The summed E-state index contributed by atoms with van der Waals surface area (Å²) in [5.74, 6) is 1.63. The molecular formula is C22H46N6O. The van der Waals surface area contributed by atoms with Crippen molar-refractivity contribution in [2.24, 2.45) is 10.9 Å². The van der Waals surface area contributed by atoms with Crippen LogP contribution in [0.5, 0.6) is 0 Å². The SMILES string of the molecule is CCNC(=NCC1CN(CC(C)C)CCO1)NCCCCN1CCN(CC)CC1. The number of hydrogen-bond donors (Lipinski definition) is 2. The van der Waals surface area contributed by atoms with Gasteiger partial charge in [0.1, 0.15) is 0 Å². The number of guanidine groups is 1. The molecule has 2 fully saturated rings. The highest BCUT2D eigenvalue weighted by Gasteiger charge is 2.20. The van der Waals surface area contributed by atoms with Gasteiger partial charge in [0.2, 0.25) is 0 Å². The molecule has 1 unspecified atom stereocenters. The molecule has 2 aliphatic rings. The van der Waals surface area contributed by atoms with E-state index in [4.69, 9.17) is 9.73 Å². The maximum Gasteiger partial charge on any atom is 0.191 e. The van der Waals surface area contributed by atoms with Crippen LogP contribution >= 0.6 is 0 Å². The minimum Gasteiger partial charge on any atom is -0.374 e. The highest BCUT2D eigenvalue weighted by molar-refractivity contribution is 5.79. The number of morpholine rings is 1. The van der Waals surface area contributed by atoms with Gasteiger partial charge in [0, 0.05) is 58.9 Å². The molecule has 2 rings (SSSR count). The molecule has 0 aromatic rings. The summed E-state index contributed by atoms with van der Waals surface area (Å²) < 4.78 is 5.93. The fraction of sp³-hybridized carbons (Fsp3) is 0.955. The molecule has 0 radical (unpaired) electrons. The van der Waals surface area contributed by atoms with Gasteiger partial charge in [0.05, 0.1) is 19.3 Å². The van der Waals surface area contributed by atoms with Gasteiger partial charge < -0.3 is 25.2 Å². The maximum atomic E-state index is 5.93. The predicted molar refractivity (Wildman–Crippen MR) is 123 cm³/mol. The van der Waals surface area contributed by atoms with Crippen LogP contribution in [0.1, 0.15) is 40.5 Å². The summed E-state index contributed by atoms with van der Waals surface area (Å²) >= 11 is 0. The number of hydrogen-bond acceptors (Lipinski definition) is 5. The third-order valence-corrected chi connectivity index (χ3v) is 5.75. The first-order valence-electron chi connectivity index (χ1n) is 11.9. The van der Waals surface area contributed by atoms with E-state index in [1.807, 2.05) is 0 Å². The first-order valence-corrected chi connectivity index (χ1v) is 11.9. The lowest BCUT2D eigenvalue weighted by molar-refractivity contribution is -0.0261. The quantitative estimate of drug-likeness (QED) is 0.304. The van der Waals surface area contributed by atoms with Crippen molar-refractivity contribution in [2.45, 2.75) is 46.6 Å². The number of unbranched alkanes of at least 4 members (excludes halogenated alkanes) is 1. The highest BCUT2D eigenvalue weighted by Crippen LogP contribution is 2.08. The normalized spacial score (nSPS) is 22.9. The molecule has 0 aliphatic carbocycles. The number of nitrogens with zero attached hydrogens (tertiary/aromatic N) is 4. The summed E-state index contributed by atoms with van der Waals surface area (Å²) in [5.41, 5.74) is 0. The molecule has 7 nitrogen and oxygen atoms in total. The van der Waals surface area contributed by atoms with E-state index in [1.54, 1.807) is 0 Å². The van der Waals surface area contributed by atoms with Crippen molar-refractivity contribution in [3.8, 4) is 0 Å². The Kier molecular flexibility index (Phi) is 11.9. The molecule has 29 heavy (non-hydrogen) atoms. The van der Waals surface area contributed by atoms with Crippen LogP contribution in [0.2, 0.25) is 0 Å². The Hall–Kier alpha value is -0.890. The Balaban J connectivity index is 1.62. The van der Waals surface area contributed by atoms with Crippen LogP contribution in [0.3, 0.4) is 0 Å². The van der Waals surface area contributed by atoms with Gasteiger partial charge in [-0.1, -0.05) is 20.8 Å². The molecule has 2 N–H and O–H groups in total. The predicted octanol–water partition coefficient (Wildman–Crippen LogP) is 1.32. The van der Waals surface area contributed by atoms with Crippen molar-refractivity contribution in [2.75, 3.05) is 85.1 Å². The van der Waals surface area contributed by atoms with Crippen molar-refractivity contribution in [1.29, 1.82) is 0 Å². The van der Waals surface area contributed by atoms with Crippen LogP contribution in [0.15, 0.2) is 4.99 Å². The first kappa shape index (κ1) is 24.4. The number of aliphatic imine (C=N–C) groups is 1. The largest absolute Gasteiger partial charge is 0.374 e. The van der Waals surface area contributed by atoms with Crippen LogP contribution in [0.25, 0.3) is 0 Å². The van der Waals surface area contributed by atoms with Gasteiger partial charge in [-0.15, -0.1) is 0 Å². The van der Waals surface area contributed by atoms with Crippen LogP contribution in [-0.2, 0) is 4.74 Å². The van der Waals surface area contributed by atoms with Crippen molar-refractivity contribution in [3.63, 3.8) is 0 Å². The van der Waals surface area contributed by atoms with E-state index in [0.717, 1.165) is 51.8 Å². The minimum absolute atomic E-state index is 0.208. The number of rotatable bonds is 11. The van der Waals surface area contributed by atoms with Crippen molar-refractivity contribution < 1.29 is 4.74 Å². The van der Waals surface area contributed by atoms with Crippen molar-refractivity contribution in [1.82, 2.24) is 25.3 Å². The van der Waals surface area contributed by atoms with Gasteiger partial charge in [0.15, 0.2) is 5.96 Å². The van der Waals surface area contributed by atoms with Gasteiger partial charge >= 0.3 is 0 Å². The zero-order valence-electron chi connectivity index (χ0n) is 19.5. The average molecular weight is 411 g/mol. The summed E-state index contributed by atoms with van der Waals surface area (Å²) in [5, 5.41) is 6.87. The monoisotopic (exact) mass is 410 g/mol. The lowest BCUT2D eigenvalue weighted by Gasteiger charge is -2.34. The molecule has 0 spiro atoms. The van der Waals surface area contributed by atoms with E-state index in [2.05, 4.69) is 53.0 Å². The Morgan fingerprint density at radius 3 is 2.45 bits per heavy atom. The molecule has 0 amide bonds. The van der Waals surface area contributed by atoms with Crippen molar-refractivity contribution in [3.05, 3.63) is 0 Å². The Labute approximate surface area is 179 Å². The van der Waals surface area contributed by atoms with Crippen LogP contribution in [0.4, 0.5) is 0 Å². The summed E-state index contributed by atoms with van der Waals surface area (Å²) in [6, 6.07) is 0. The Morgan fingerprint density at radius 2 is 1.76 bits per heavy atom. The first-order chi connectivity index (χ1) is 14.1. The second kappa shape index (κ2) is 14.2. The van der Waals surface area contributed by atoms with E-state index in [9.17, 15) is 0 Å². The summed E-state index contributed by atoms with van der Waals surface area (Å²) in [4.78, 5) is 12.4. The van der Waals surface area contributed by atoms with Gasteiger partial charge in [-0.3, -0.25) is 9.89 Å². The summed E-state index contributed by atoms with van der Waals surface area (Å²) in [6.07, 6.45) is 2.63. The molecule has 170 valence electrons. The second-order valence-corrected chi connectivity index (χ2v) is 8.78. The number of likely N-dealkylation sites (N-methyl/N-ethyl adjacent to an activating group) is 1. The maximum absolute atomic E-state index is 5.93. The van der Waals surface area contributed by atoms with E-state index < -0.39 is 0 Å². The fourth-order valence-electron chi connectivity index (χ4n) is 4.10. The van der Waals surface area contributed by atoms with E-state index in [1.165, 1.54) is 52.1 Å². The molecule has 2 saturated heterocycles. The lowest BCUT2D eigenvalue weighted by atomic mass is 10.2. The average Bonchev–Trinajstić information content (AvgIpc) is 2.72. The minimum atomic E-state index is 0.208. The Morgan fingerprint density at radius 1 is 1.00 bits per heavy atom. The van der Waals surface area contributed by atoms with Crippen LogP contribution < -0.4 is 10.6 Å². The van der Waals surface area contributed by atoms with Crippen molar-refractivity contribution >= 4 is 5.96 Å². The molecule has 2 aliphatic heterocycles. The van der Waals surface area contributed by atoms with E-state index in [-0.39, 0.29) is 6.10 Å². The Bertz CT molecular complexity index is 451. The number of ether oxygens (including phenoxy) is 1. The van der Waals surface area contributed by atoms with Crippen LogP contribution in [0, 0.1) is 5.92 Å². The molecule has 0 bridgehead atoms. The topological polar surface area (TPSA) is 55.4 Å². The van der Waals surface area contributed by atoms with Gasteiger partial charge in [-0.25, -0.2) is 0 Å². The van der Waals surface area contributed by atoms with Gasteiger partial charge in [-0.05, 0) is 38.8 Å². The highest BCUT2D eigenvalue weighted by atomic mass is 16.5. The number of nitrogens with one attached hydrogen (secondary N) is 2. The molecule has 1 atom stereocenters. The standard InChI is InChI=1S/C22H46N6O/c1-5-23-22(25-17-21-19-28(15-16-29-21)18-20(3)4)24-9-7-8-10-27-13-11-26(6-2)12-14-27/h20-21H,5-19H2,1-4H3,(H2,23,24,25). The third-order valence-electron chi connectivity index (χ3n) is 5.75. The smallest absolute Gasteiger partial charge is 0.191 e. The molecule has 0 aromatic heterocycles. The summed E-state index contributed by atoms with van der Waals surface area (Å²) in [6.45, 7) is 22.8. The van der Waals surface area contributed by atoms with E-state index >= 15 is 0 Å². The zero-order valence-corrected chi connectivity index (χ0v) is 19.5. The van der Waals surface area contributed by atoms with Gasteiger partial charge in [0.25, 0.3) is 0 Å². The molecular weight excluding hydrogens is 364 g/mol. The zero-order chi connectivity index (χ0) is 20.9. The molecule has 0 saturated carbocycles.